The standard InChI is InChI=1S/C28H32FN7O3S/c1-33-12-14-34(15-13-33)25-18-26(39-2)24(17-23(25)29)31-28-30-19-20-9-11-35(27(20)32-28)21-5-7-22(8-6-21)36-10-3-4-16-40(36,37)38/h5-9,11,17-19H,3-4,10,12-16H2,1-2H3,(H,30,31,32). The molecule has 0 amide bonds. The number of methoxy groups -OCH3 is 1. The number of likely N-dealkylation sites (N-methyl/N-ethyl adjacent to an activating group) is 1. The highest BCUT2D eigenvalue weighted by Crippen LogP contribution is 2.35. The average Bonchev–Trinajstić information content (AvgIpc) is 3.37. The minimum atomic E-state index is -3.28. The summed E-state index contributed by atoms with van der Waals surface area (Å²) in [5.74, 6) is 0.635. The van der Waals surface area contributed by atoms with Gasteiger partial charge in [0.1, 0.15) is 17.2 Å². The molecule has 2 fully saturated rings. The van der Waals surface area contributed by atoms with Crippen molar-refractivity contribution in [1.82, 2.24) is 19.4 Å². The SMILES string of the molecule is COc1cc(N2CCN(C)CC2)c(F)cc1Nc1ncc2ccn(-c3ccc(N4CCCCS4(=O)=O)cc3)c2n1. The molecular weight excluding hydrogens is 533 g/mol. The molecular formula is C28H32FN7O3S. The van der Waals surface area contributed by atoms with Gasteiger partial charge in [-0.15, -0.1) is 0 Å². The summed E-state index contributed by atoms with van der Waals surface area (Å²) in [6.45, 7) is 3.73. The van der Waals surface area contributed by atoms with E-state index in [0.717, 1.165) is 43.7 Å². The van der Waals surface area contributed by atoms with Crippen LogP contribution in [0.2, 0.25) is 0 Å². The lowest BCUT2D eigenvalue weighted by Gasteiger charge is -2.34. The van der Waals surface area contributed by atoms with Crippen LogP contribution in [0, 0.1) is 5.82 Å². The summed E-state index contributed by atoms with van der Waals surface area (Å²) >= 11 is 0. The fourth-order valence-corrected chi connectivity index (χ4v) is 6.90. The molecule has 0 spiro atoms. The van der Waals surface area contributed by atoms with E-state index < -0.39 is 10.0 Å². The Kier molecular flexibility index (Phi) is 6.97. The van der Waals surface area contributed by atoms with E-state index >= 15 is 4.39 Å². The second-order valence-corrected chi connectivity index (χ2v) is 12.2. The van der Waals surface area contributed by atoms with Crippen molar-refractivity contribution in [2.75, 3.05) is 67.2 Å². The van der Waals surface area contributed by atoms with Crippen LogP contribution in [0.15, 0.2) is 54.9 Å². The van der Waals surface area contributed by atoms with Gasteiger partial charge in [0.05, 0.1) is 29.9 Å². The third-order valence-electron chi connectivity index (χ3n) is 7.55. The van der Waals surface area contributed by atoms with Crippen molar-refractivity contribution in [3.8, 4) is 11.4 Å². The number of rotatable bonds is 6. The summed E-state index contributed by atoms with van der Waals surface area (Å²) in [4.78, 5) is 13.4. The van der Waals surface area contributed by atoms with Gasteiger partial charge in [-0.25, -0.2) is 17.8 Å². The lowest BCUT2D eigenvalue weighted by Crippen LogP contribution is -2.44. The van der Waals surface area contributed by atoms with E-state index in [-0.39, 0.29) is 11.6 Å². The summed E-state index contributed by atoms with van der Waals surface area (Å²) in [5.41, 5.74) is 3.09. The number of aromatic nitrogens is 3. The maximum Gasteiger partial charge on any atom is 0.235 e. The lowest BCUT2D eigenvalue weighted by molar-refractivity contribution is 0.311. The zero-order valence-corrected chi connectivity index (χ0v) is 23.4. The van der Waals surface area contributed by atoms with Crippen molar-refractivity contribution >= 4 is 44.1 Å². The van der Waals surface area contributed by atoms with Crippen LogP contribution in [0.5, 0.6) is 5.75 Å². The van der Waals surface area contributed by atoms with Crippen molar-refractivity contribution < 1.29 is 17.5 Å². The molecule has 0 radical (unpaired) electrons. The van der Waals surface area contributed by atoms with Crippen LogP contribution in [0.25, 0.3) is 16.7 Å². The third kappa shape index (κ3) is 5.04. The van der Waals surface area contributed by atoms with Crippen molar-refractivity contribution in [3.05, 3.63) is 60.7 Å². The fourth-order valence-electron chi connectivity index (χ4n) is 5.26. The van der Waals surface area contributed by atoms with Crippen molar-refractivity contribution in [2.45, 2.75) is 12.8 Å². The van der Waals surface area contributed by atoms with Crippen LogP contribution in [0.1, 0.15) is 12.8 Å². The monoisotopic (exact) mass is 565 g/mol. The van der Waals surface area contributed by atoms with Gasteiger partial charge in [-0.1, -0.05) is 0 Å². The second-order valence-electron chi connectivity index (χ2n) is 10.2. The van der Waals surface area contributed by atoms with Crippen LogP contribution in [0.3, 0.4) is 0 Å². The summed E-state index contributed by atoms with van der Waals surface area (Å²) in [5, 5.41) is 3.95. The van der Waals surface area contributed by atoms with Gasteiger partial charge in [0.25, 0.3) is 0 Å². The van der Waals surface area contributed by atoms with Crippen LogP contribution >= 0.6 is 0 Å². The van der Waals surface area contributed by atoms with Crippen molar-refractivity contribution in [2.24, 2.45) is 0 Å². The molecule has 0 unspecified atom stereocenters. The molecule has 0 bridgehead atoms. The molecule has 0 atom stereocenters. The number of nitrogens with one attached hydrogen (secondary N) is 1. The number of piperazine rings is 1. The lowest BCUT2D eigenvalue weighted by atomic mass is 10.2. The Hall–Kier alpha value is -3.90. The average molecular weight is 566 g/mol. The number of anilines is 4. The quantitative estimate of drug-likeness (QED) is 0.375. The molecule has 4 heterocycles. The molecule has 0 aliphatic carbocycles. The van der Waals surface area contributed by atoms with Gasteiger partial charge < -0.3 is 24.4 Å². The Bertz CT molecular complexity index is 1630. The first-order valence-corrected chi connectivity index (χ1v) is 15.0. The number of hydrogen-bond acceptors (Lipinski definition) is 8. The number of benzene rings is 2. The Morgan fingerprint density at radius 3 is 2.45 bits per heavy atom. The predicted molar refractivity (Wildman–Crippen MR) is 155 cm³/mol. The summed E-state index contributed by atoms with van der Waals surface area (Å²) in [6, 6.07) is 12.4. The molecule has 2 aromatic carbocycles. The highest BCUT2D eigenvalue weighted by molar-refractivity contribution is 7.92. The number of fused-ring (bicyclic) bond motifs is 1. The highest BCUT2D eigenvalue weighted by atomic mass is 32.2. The topological polar surface area (TPSA) is 95.8 Å². The molecule has 12 heteroatoms. The first kappa shape index (κ1) is 26.3. The molecule has 1 N–H and O–H groups in total. The van der Waals surface area contributed by atoms with Crippen LogP contribution < -0.4 is 19.3 Å². The molecule has 0 saturated carbocycles. The van der Waals surface area contributed by atoms with Gasteiger partial charge in [-0.2, -0.15) is 4.98 Å². The number of halogens is 1. The number of nitrogens with zero attached hydrogens (tertiary/aromatic N) is 6. The smallest absolute Gasteiger partial charge is 0.235 e. The fraction of sp³-hybridized carbons (Fsp3) is 0.357. The summed E-state index contributed by atoms with van der Waals surface area (Å²) < 4.78 is 49.2. The zero-order chi connectivity index (χ0) is 27.9. The maximum absolute atomic E-state index is 15.2. The minimum absolute atomic E-state index is 0.178. The van der Waals surface area contributed by atoms with Gasteiger partial charge in [-0.3, -0.25) is 4.31 Å². The van der Waals surface area contributed by atoms with E-state index in [1.54, 1.807) is 19.4 Å². The Balaban J connectivity index is 1.27. The van der Waals surface area contributed by atoms with Gasteiger partial charge in [-0.05, 0) is 50.2 Å². The molecule has 210 valence electrons. The number of ether oxygens (including phenoxy) is 1. The Labute approximate surface area is 233 Å². The van der Waals surface area contributed by atoms with Gasteiger partial charge >= 0.3 is 0 Å². The molecule has 2 aliphatic heterocycles. The van der Waals surface area contributed by atoms with Crippen molar-refractivity contribution in [3.63, 3.8) is 0 Å². The normalized spacial score (nSPS) is 17.8. The highest BCUT2D eigenvalue weighted by Gasteiger charge is 2.26. The third-order valence-corrected chi connectivity index (χ3v) is 9.42. The summed E-state index contributed by atoms with van der Waals surface area (Å²) in [7, 11) is 0.340. The second kappa shape index (κ2) is 10.6. The molecule has 2 aliphatic rings. The van der Waals surface area contributed by atoms with E-state index in [0.29, 0.717) is 47.4 Å². The van der Waals surface area contributed by atoms with Gasteiger partial charge in [0.2, 0.25) is 16.0 Å². The Morgan fingerprint density at radius 2 is 1.73 bits per heavy atom. The Morgan fingerprint density at radius 1 is 0.975 bits per heavy atom. The van der Waals surface area contributed by atoms with E-state index in [9.17, 15) is 8.42 Å². The molecule has 6 rings (SSSR count). The number of hydrogen-bond donors (Lipinski definition) is 1. The van der Waals surface area contributed by atoms with E-state index in [2.05, 4.69) is 22.2 Å². The maximum atomic E-state index is 15.2. The van der Waals surface area contributed by atoms with E-state index in [1.807, 2.05) is 46.0 Å². The largest absolute Gasteiger partial charge is 0.494 e. The summed E-state index contributed by atoms with van der Waals surface area (Å²) in [6.07, 6.45) is 5.14. The van der Waals surface area contributed by atoms with Crippen LogP contribution in [0.4, 0.5) is 27.4 Å². The minimum Gasteiger partial charge on any atom is -0.494 e. The molecule has 2 aromatic heterocycles. The molecule has 2 saturated heterocycles. The molecule has 4 aromatic rings. The van der Waals surface area contributed by atoms with Gasteiger partial charge in [0, 0.05) is 68.3 Å². The zero-order valence-electron chi connectivity index (χ0n) is 22.5. The predicted octanol–water partition coefficient (Wildman–Crippen LogP) is 3.99. The van der Waals surface area contributed by atoms with E-state index in [1.165, 1.54) is 10.4 Å². The van der Waals surface area contributed by atoms with Crippen molar-refractivity contribution in [1.29, 1.82) is 0 Å². The molecule has 40 heavy (non-hydrogen) atoms. The van der Waals surface area contributed by atoms with Crippen LogP contribution in [-0.4, -0.2) is 80.5 Å². The number of sulfonamides is 1. The first-order chi connectivity index (χ1) is 19.3. The van der Waals surface area contributed by atoms with E-state index in [4.69, 9.17) is 9.72 Å². The van der Waals surface area contributed by atoms with Gasteiger partial charge in [0.15, 0.2) is 0 Å². The molecule has 10 nitrogen and oxygen atoms in total. The first-order valence-electron chi connectivity index (χ1n) is 13.4. The van der Waals surface area contributed by atoms with Crippen LogP contribution in [-0.2, 0) is 10.0 Å².